The number of hydrogen-bond donors (Lipinski definition) is 1. The molecule has 3 aromatic rings. The first-order chi connectivity index (χ1) is 11.8. The van der Waals surface area contributed by atoms with Gasteiger partial charge in [-0.25, -0.2) is 13.4 Å². The Morgan fingerprint density at radius 3 is 2.56 bits per heavy atom. The summed E-state index contributed by atoms with van der Waals surface area (Å²) in [5, 5.41) is 4.70. The third kappa shape index (κ3) is 4.13. The number of halogens is 1. The average molecular weight is 457 g/mol. The van der Waals surface area contributed by atoms with E-state index < -0.39 is 10.0 Å². The van der Waals surface area contributed by atoms with Crippen molar-refractivity contribution in [3.05, 3.63) is 50.8 Å². The smallest absolute Gasteiger partial charge is 0.271 e. The van der Waals surface area contributed by atoms with Crippen molar-refractivity contribution in [2.45, 2.75) is 30.9 Å². The molecular formula is C17H17BrN2O2S3. The van der Waals surface area contributed by atoms with Gasteiger partial charge < -0.3 is 0 Å². The Hall–Kier alpha value is -1.22. The van der Waals surface area contributed by atoms with E-state index in [4.69, 9.17) is 0 Å². The number of hydrogen-bond acceptors (Lipinski definition) is 5. The molecule has 0 saturated carbocycles. The first-order valence-corrected chi connectivity index (χ1v) is 11.6. The van der Waals surface area contributed by atoms with Crippen molar-refractivity contribution in [2.75, 3.05) is 4.72 Å². The molecule has 0 saturated heterocycles. The molecule has 1 N–H and O–H groups in total. The summed E-state index contributed by atoms with van der Waals surface area (Å²) in [5.74, 6) is 0.354. The van der Waals surface area contributed by atoms with Crippen molar-refractivity contribution in [3.63, 3.8) is 0 Å². The molecule has 0 radical (unpaired) electrons. The fourth-order valence-corrected chi connectivity index (χ4v) is 6.16. The molecule has 1 aromatic carbocycles. The number of anilines is 1. The highest BCUT2D eigenvalue weighted by molar-refractivity contribution is 9.10. The van der Waals surface area contributed by atoms with Gasteiger partial charge in [0.1, 0.15) is 9.22 Å². The van der Waals surface area contributed by atoms with Gasteiger partial charge in [-0.05, 0) is 52.5 Å². The Labute approximate surface area is 164 Å². The van der Waals surface area contributed by atoms with Gasteiger partial charge in [0.05, 0.1) is 11.4 Å². The van der Waals surface area contributed by atoms with Crippen LogP contribution in [0.2, 0.25) is 0 Å². The largest absolute Gasteiger partial charge is 0.278 e. The molecule has 2 aromatic heterocycles. The first-order valence-electron chi connectivity index (χ1n) is 7.59. The highest BCUT2D eigenvalue weighted by Crippen LogP contribution is 2.33. The molecule has 0 amide bonds. The van der Waals surface area contributed by atoms with Crippen LogP contribution in [0.5, 0.6) is 0 Å². The Kier molecular flexibility index (Phi) is 5.34. The third-order valence-corrected chi connectivity index (χ3v) is 7.94. The van der Waals surface area contributed by atoms with Crippen LogP contribution in [0, 0.1) is 6.92 Å². The molecule has 2 heterocycles. The molecule has 0 aliphatic rings. The molecule has 0 aliphatic carbocycles. The van der Waals surface area contributed by atoms with Gasteiger partial charge in [-0.3, -0.25) is 4.72 Å². The number of nitrogens with zero attached hydrogens (tertiary/aromatic N) is 1. The summed E-state index contributed by atoms with van der Waals surface area (Å²) < 4.78 is 28.9. The number of thiophene rings is 1. The van der Waals surface area contributed by atoms with E-state index in [1.54, 1.807) is 12.1 Å². The molecule has 8 heteroatoms. The number of thiazole rings is 1. The lowest BCUT2D eigenvalue weighted by atomic mass is 10.2. The highest BCUT2D eigenvalue weighted by Gasteiger charge is 2.20. The van der Waals surface area contributed by atoms with Gasteiger partial charge >= 0.3 is 0 Å². The summed E-state index contributed by atoms with van der Waals surface area (Å²) in [5.41, 5.74) is 3.44. The van der Waals surface area contributed by atoms with Gasteiger partial charge in [0.2, 0.25) is 0 Å². The van der Waals surface area contributed by atoms with Crippen LogP contribution in [0.15, 0.2) is 43.7 Å². The summed E-state index contributed by atoms with van der Waals surface area (Å²) in [4.78, 5) is 4.59. The number of sulfonamides is 1. The van der Waals surface area contributed by atoms with Crippen LogP contribution in [0.1, 0.15) is 31.0 Å². The number of benzene rings is 1. The summed E-state index contributed by atoms with van der Waals surface area (Å²) in [6, 6.07) is 7.17. The molecule has 4 nitrogen and oxygen atoms in total. The van der Waals surface area contributed by atoms with Crippen LogP contribution < -0.4 is 4.72 Å². The minimum Gasteiger partial charge on any atom is -0.278 e. The average Bonchev–Trinajstić information content (AvgIpc) is 3.18. The number of aromatic nitrogens is 1. The van der Waals surface area contributed by atoms with E-state index in [1.165, 1.54) is 22.7 Å². The van der Waals surface area contributed by atoms with Crippen molar-refractivity contribution in [2.24, 2.45) is 0 Å². The Morgan fingerprint density at radius 1 is 1.16 bits per heavy atom. The standard InChI is InChI=1S/C17H17BrN2O2S3/c1-10(2)15-9-24-17(19-15)12-7-16(23-8-12)25(21,22)20-14-5-4-11(3)6-13(14)18/h4-10,20H,1-3H3. The second-order valence-electron chi connectivity index (χ2n) is 5.98. The molecule has 0 fully saturated rings. The lowest BCUT2D eigenvalue weighted by Gasteiger charge is -2.08. The maximum absolute atomic E-state index is 12.7. The Balaban J connectivity index is 1.87. The molecule has 25 heavy (non-hydrogen) atoms. The zero-order chi connectivity index (χ0) is 18.2. The van der Waals surface area contributed by atoms with Gasteiger partial charge in [0.15, 0.2) is 0 Å². The predicted molar refractivity (Wildman–Crippen MR) is 109 cm³/mol. The Bertz CT molecular complexity index is 1010. The zero-order valence-electron chi connectivity index (χ0n) is 13.9. The summed E-state index contributed by atoms with van der Waals surface area (Å²) in [6.07, 6.45) is 0. The van der Waals surface area contributed by atoms with Crippen molar-refractivity contribution in [1.29, 1.82) is 0 Å². The van der Waals surface area contributed by atoms with Crippen LogP contribution in [-0.4, -0.2) is 13.4 Å². The number of nitrogens with one attached hydrogen (secondary N) is 1. The lowest BCUT2D eigenvalue weighted by molar-refractivity contribution is 0.603. The molecule has 3 rings (SSSR count). The van der Waals surface area contributed by atoms with Crippen molar-refractivity contribution >= 4 is 54.3 Å². The van der Waals surface area contributed by atoms with E-state index >= 15 is 0 Å². The van der Waals surface area contributed by atoms with Gasteiger partial charge in [-0.1, -0.05) is 19.9 Å². The minimum atomic E-state index is -3.63. The number of rotatable bonds is 5. The predicted octanol–water partition coefficient (Wildman–Crippen LogP) is 5.87. The fraction of sp³-hybridized carbons (Fsp3) is 0.235. The number of aryl methyl sites for hydroxylation is 1. The van der Waals surface area contributed by atoms with Crippen molar-refractivity contribution < 1.29 is 8.42 Å². The van der Waals surface area contributed by atoms with Crippen LogP contribution in [0.4, 0.5) is 5.69 Å². The summed E-state index contributed by atoms with van der Waals surface area (Å²) in [6.45, 7) is 6.13. The fourth-order valence-electron chi connectivity index (χ4n) is 2.15. The molecule has 0 aliphatic heterocycles. The topological polar surface area (TPSA) is 59.1 Å². The molecule has 0 bridgehead atoms. The molecular weight excluding hydrogens is 440 g/mol. The molecule has 0 unspecified atom stereocenters. The van der Waals surface area contributed by atoms with E-state index in [1.807, 2.05) is 29.8 Å². The van der Waals surface area contributed by atoms with Gasteiger partial charge in [-0.15, -0.1) is 22.7 Å². The molecule has 0 atom stereocenters. The van der Waals surface area contributed by atoms with E-state index in [0.717, 1.165) is 21.8 Å². The normalized spacial score (nSPS) is 11.9. The van der Waals surface area contributed by atoms with Crippen molar-refractivity contribution in [1.82, 2.24) is 4.98 Å². The monoisotopic (exact) mass is 456 g/mol. The molecule has 132 valence electrons. The highest BCUT2D eigenvalue weighted by atomic mass is 79.9. The SMILES string of the molecule is Cc1ccc(NS(=O)(=O)c2cc(-c3nc(C(C)C)cs3)cs2)c(Br)c1. The molecule has 0 spiro atoms. The third-order valence-electron chi connectivity index (χ3n) is 3.57. The van der Waals surface area contributed by atoms with Crippen LogP contribution >= 0.6 is 38.6 Å². The summed E-state index contributed by atoms with van der Waals surface area (Å²) in [7, 11) is -3.63. The van der Waals surface area contributed by atoms with Crippen molar-refractivity contribution in [3.8, 4) is 10.6 Å². The van der Waals surface area contributed by atoms with E-state index in [2.05, 4.69) is 39.5 Å². The maximum atomic E-state index is 12.7. The van der Waals surface area contributed by atoms with E-state index in [0.29, 0.717) is 16.1 Å². The van der Waals surface area contributed by atoms with E-state index in [9.17, 15) is 8.42 Å². The van der Waals surface area contributed by atoms with E-state index in [-0.39, 0.29) is 4.21 Å². The maximum Gasteiger partial charge on any atom is 0.271 e. The zero-order valence-corrected chi connectivity index (χ0v) is 17.9. The minimum absolute atomic E-state index is 0.274. The van der Waals surface area contributed by atoms with Crippen LogP contribution in [0.3, 0.4) is 0 Å². The second-order valence-corrected chi connectivity index (χ2v) is 10.5. The Morgan fingerprint density at radius 2 is 1.92 bits per heavy atom. The lowest BCUT2D eigenvalue weighted by Crippen LogP contribution is -2.11. The van der Waals surface area contributed by atoms with Gasteiger partial charge in [0, 0.05) is 20.8 Å². The first kappa shape index (κ1) is 18.6. The summed E-state index contributed by atoms with van der Waals surface area (Å²) >= 11 is 6.13. The quantitative estimate of drug-likeness (QED) is 0.522. The van der Waals surface area contributed by atoms with Crippen LogP contribution in [0.25, 0.3) is 10.6 Å². The van der Waals surface area contributed by atoms with Gasteiger partial charge in [0.25, 0.3) is 10.0 Å². The second kappa shape index (κ2) is 7.19. The van der Waals surface area contributed by atoms with Gasteiger partial charge in [-0.2, -0.15) is 0 Å². The van der Waals surface area contributed by atoms with Crippen LogP contribution in [-0.2, 0) is 10.0 Å².